The molecule has 21 heavy (non-hydrogen) atoms. The fraction of sp³-hybridized carbons (Fsp3) is 0.500. The second-order valence-electron chi connectivity index (χ2n) is 6.13. The van der Waals surface area contributed by atoms with Gasteiger partial charge < -0.3 is 10.1 Å². The zero-order chi connectivity index (χ0) is 15.3. The van der Waals surface area contributed by atoms with Crippen molar-refractivity contribution < 1.29 is 4.74 Å². The Balaban J connectivity index is 2.08. The predicted octanol–water partition coefficient (Wildman–Crippen LogP) is 3.37. The summed E-state index contributed by atoms with van der Waals surface area (Å²) in [6, 6.07) is 1.89. The van der Waals surface area contributed by atoms with Crippen LogP contribution in [0, 0.1) is 0 Å². The predicted molar refractivity (Wildman–Crippen MR) is 83.4 cm³/mol. The molecule has 0 spiro atoms. The summed E-state index contributed by atoms with van der Waals surface area (Å²) in [6.45, 7) is 10.2. The normalized spacial score (nSPS) is 11.6. The molecule has 5 heteroatoms. The Morgan fingerprint density at radius 1 is 1.29 bits per heavy atom. The number of aromatic nitrogens is 3. The summed E-state index contributed by atoms with van der Waals surface area (Å²) in [6.07, 6.45) is 8.30. The highest BCUT2D eigenvalue weighted by atomic mass is 16.5. The van der Waals surface area contributed by atoms with Crippen LogP contribution < -0.4 is 10.1 Å². The second kappa shape index (κ2) is 6.72. The standard InChI is InChI=1S/C16H24N4O/c1-5-8-20-12-14(11-19-20)21-15-6-7-17-9-13(15)10-18-16(2,3)4/h6-7,9,11-12,18H,5,8,10H2,1-4H3. The van der Waals surface area contributed by atoms with Crippen LogP contribution in [0.5, 0.6) is 11.5 Å². The van der Waals surface area contributed by atoms with Gasteiger partial charge in [-0.15, -0.1) is 0 Å². The average Bonchev–Trinajstić information content (AvgIpc) is 2.85. The summed E-state index contributed by atoms with van der Waals surface area (Å²) >= 11 is 0. The van der Waals surface area contributed by atoms with Gasteiger partial charge in [-0.3, -0.25) is 9.67 Å². The maximum absolute atomic E-state index is 5.94. The third-order valence-corrected chi connectivity index (χ3v) is 2.96. The molecule has 0 radical (unpaired) electrons. The average molecular weight is 288 g/mol. The number of hydrogen-bond acceptors (Lipinski definition) is 4. The lowest BCUT2D eigenvalue weighted by atomic mass is 10.1. The van der Waals surface area contributed by atoms with Crippen LogP contribution in [0.15, 0.2) is 30.9 Å². The van der Waals surface area contributed by atoms with Crippen molar-refractivity contribution in [3.63, 3.8) is 0 Å². The van der Waals surface area contributed by atoms with Crippen LogP contribution in [0.4, 0.5) is 0 Å². The molecule has 0 atom stereocenters. The van der Waals surface area contributed by atoms with Gasteiger partial charge in [0.15, 0.2) is 5.75 Å². The number of aryl methyl sites for hydroxylation is 1. The lowest BCUT2D eigenvalue weighted by Gasteiger charge is -2.21. The lowest BCUT2D eigenvalue weighted by Crippen LogP contribution is -2.35. The van der Waals surface area contributed by atoms with E-state index in [1.54, 1.807) is 12.4 Å². The number of nitrogens with one attached hydrogen (secondary N) is 1. The zero-order valence-corrected chi connectivity index (χ0v) is 13.3. The van der Waals surface area contributed by atoms with Crippen LogP contribution in [-0.2, 0) is 13.1 Å². The van der Waals surface area contributed by atoms with E-state index in [-0.39, 0.29) is 5.54 Å². The van der Waals surface area contributed by atoms with Crippen LogP contribution in [0.3, 0.4) is 0 Å². The Kier molecular flexibility index (Phi) is 4.96. The minimum atomic E-state index is 0.0547. The van der Waals surface area contributed by atoms with Gasteiger partial charge >= 0.3 is 0 Å². The van der Waals surface area contributed by atoms with Gasteiger partial charge in [-0.05, 0) is 33.3 Å². The van der Waals surface area contributed by atoms with E-state index in [9.17, 15) is 0 Å². The summed E-state index contributed by atoms with van der Waals surface area (Å²) in [4.78, 5) is 4.18. The molecule has 0 aromatic carbocycles. The summed E-state index contributed by atoms with van der Waals surface area (Å²) < 4.78 is 7.83. The minimum absolute atomic E-state index is 0.0547. The van der Waals surface area contributed by atoms with Gasteiger partial charge in [0, 0.05) is 36.6 Å². The van der Waals surface area contributed by atoms with Gasteiger partial charge in [0.1, 0.15) is 5.75 Å². The molecular formula is C16H24N4O. The Morgan fingerprint density at radius 3 is 2.81 bits per heavy atom. The van der Waals surface area contributed by atoms with Gasteiger partial charge in [0.2, 0.25) is 0 Å². The van der Waals surface area contributed by atoms with Crippen LogP contribution in [0.2, 0.25) is 0 Å². The Bertz CT molecular complexity index is 572. The van der Waals surface area contributed by atoms with Crippen molar-refractivity contribution in [2.75, 3.05) is 0 Å². The molecule has 2 aromatic heterocycles. The molecule has 114 valence electrons. The Hall–Kier alpha value is -1.88. The fourth-order valence-electron chi connectivity index (χ4n) is 1.88. The second-order valence-corrected chi connectivity index (χ2v) is 6.13. The van der Waals surface area contributed by atoms with Gasteiger partial charge in [-0.25, -0.2) is 0 Å². The molecule has 0 amide bonds. The first-order chi connectivity index (χ1) is 9.98. The molecule has 0 fully saturated rings. The molecule has 0 aliphatic heterocycles. The molecule has 0 saturated carbocycles. The van der Waals surface area contributed by atoms with Gasteiger partial charge in [-0.1, -0.05) is 6.92 Å². The molecule has 0 aliphatic carbocycles. The quantitative estimate of drug-likeness (QED) is 0.885. The zero-order valence-electron chi connectivity index (χ0n) is 13.3. The number of ether oxygens (including phenoxy) is 1. The van der Waals surface area contributed by atoms with Gasteiger partial charge in [-0.2, -0.15) is 5.10 Å². The summed E-state index contributed by atoms with van der Waals surface area (Å²) in [5.41, 5.74) is 1.09. The fourth-order valence-corrected chi connectivity index (χ4v) is 1.88. The van der Waals surface area contributed by atoms with E-state index >= 15 is 0 Å². The highest BCUT2D eigenvalue weighted by Gasteiger charge is 2.12. The van der Waals surface area contributed by atoms with Crippen LogP contribution >= 0.6 is 0 Å². The molecule has 0 bridgehead atoms. The van der Waals surface area contributed by atoms with E-state index in [1.165, 1.54) is 0 Å². The number of pyridine rings is 1. The highest BCUT2D eigenvalue weighted by Crippen LogP contribution is 2.24. The molecule has 1 N–H and O–H groups in total. The molecule has 2 rings (SSSR count). The van der Waals surface area contributed by atoms with E-state index < -0.39 is 0 Å². The first kappa shape index (κ1) is 15.5. The Morgan fingerprint density at radius 2 is 2.10 bits per heavy atom. The third kappa shape index (κ3) is 4.86. The van der Waals surface area contributed by atoms with Gasteiger partial charge in [0.05, 0.1) is 12.4 Å². The van der Waals surface area contributed by atoms with E-state index in [2.05, 4.69) is 43.1 Å². The van der Waals surface area contributed by atoms with Crippen molar-refractivity contribution >= 4 is 0 Å². The number of rotatable bonds is 6. The highest BCUT2D eigenvalue weighted by molar-refractivity contribution is 5.34. The molecule has 0 saturated heterocycles. The van der Waals surface area contributed by atoms with Crippen molar-refractivity contribution in [2.45, 2.75) is 52.7 Å². The van der Waals surface area contributed by atoms with Crippen LogP contribution in [0.25, 0.3) is 0 Å². The van der Waals surface area contributed by atoms with Crippen molar-refractivity contribution in [3.05, 3.63) is 36.4 Å². The summed E-state index contributed by atoms with van der Waals surface area (Å²) in [5.74, 6) is 1.57. The van der Waals surface area contributed by atoms with Crippen molar-refractivity contribution in [2.24, 2.45) is 0 Å². The molecule has 2 heterocycles. The largest absolute Gasteiger partial charge is 0.454 e. The van der Waals surface area contributed by atoms with Crippen LogP contribution in [0.1, 0.15) is 39.7 Å². The van der Waals surface area contributed by atoms with Crippen molar-refractivity contribution in [1.82, 2.24) is 20.1 Å². The summed E-state index contributed by atoms with van der Waals surface area (Å²) in [5, 5.41) is 7.73. The monoisotopic (exact) mass is 288 g/mol. The van der Waals surface area contributed by atoms with E-state index in [0.29, 0.717) is 0 Å². The molecule has 0 aliphatic rings. The van der Waals surface area contributed by atoms with Crippen molar-refractivity contribution in [1.29, 1.82) is 0 Å². The smallest absolute Gasteiger partial charge is 0.165 e. The van der Waals surface area contributed by atoms with E-state index in [1.807, 2.05) is 23.1 Å². The Labute approximate surface area is 126 Å². The first-order valence-electron chi connectivity index (χ1n) is 7.36. The van der Waals surface area contributed by atoms with E-state index in [0.717, 1.165) is 36.6 Å². The number of nitrogens with zero attached hydrogens (tertiary/aromatic N) is 3. The third-order valence-electron chi connectivity index (χ3n) is 2.96. The SMILES string of the molecule is CCCn1cc(Oc2ccncc2CNC(C)(C)C)cn1. The minimum Gasteiger partial charge on any atom is -0.454 e. The molecule has 5 nitrogen and oxygen atoms in total. The molecule has 2 aromatic rings. The maximum atomic E-state index is 5.94. The van der Waals surface area contributed by atoms with E-state index in [4.69, 9.17) is 4.74 Å². The van der Waals surface area contributed by atoms with Crippen LogP contribution in [-0.4, -0.2) is 20.3 Å². The molecule has 0 unspecified atom stereocenters. The van der Waals surface area contributed by atoms with Gasteiger partial charge in [0.25, 0.3) is 0 Å². The lowest BCUT2D eigenvalue weighted by molar-refractivity contribution is 0.413. The topological polar surface area (TPSA) is 52.0 Å². The maximum Gasteiger partial charge on any atom is 0.165 e. The first-order valence-corrected chi connectivity index (χ1v) is 7.36. The summed E-state index contributed by atoms with van der Waals surface area (Å²) in [7, 11) is 0. The van der Waals surface area contributed by atoms with Crippen molar-refractivity contribution in [3.8, 4) is 11.5 Å². The number of hydrogen-bond donors (Lipinski definition) is 1. The molecular weight excluding hydrogens is 264 g/mol.